The molecule has 12 heavy (non-hydrogen) atoms. The molecule has 0 aromatic heterocycles. The first kappa shape index (κ1) is 11.7. The Kier molecular flexibility index (Phi) is 4.00. The summed E-state index contributed by atoms with van der Waals surface area (Å²) in [5.74, 6) is 0. The summed E-state index contributed by atoms with van der Waals surface area (Å²) in [6, 6.07) is 0. The summed E-state index contributed by atoms with van der Waals surface area (Å²) in [6.45, 7) is 0. The van der Waals surface area contributed by atoms with Crippen molar-refractivity contribution in [1.29, 1.82) is 0 Å². The average molecular weight is 213 g/mol. The van der Waals surface area contributed by atoms with Gasteiger partial charge in [0.1, 0.15) is 0 Å². The van der Waals surface area contributed by atoms with Gasteiger partial charge >= 0.3 is 6.18 Å². The number of alkyl halides is 5. The second-order valence-electron chi connectivity index (χ2n) is 1.60. The minimum atomic E-state index is -5.39. The minimum absolute atomic E-state index is 2.92. The van der Waals surface area contributed by atoms with Crippen LogP contribution in [0.15, 0.2) is 0 Å². The number of hydrogen-bond donors (Lipinski definition) is 0. The van der Waals surface area contributed by atoms with Crippen LogP contribution in [-0.2, 0) is 15.5 Å². The van der Waals surface area contributed by atoms with Gasteiger partial charge in [0.15, 0.2) is 0 Å². The fraction of sp³-hybridized carbons (Fsp3) is 1.00. The Morgan fingerprint density at radius 1 is 1.33 bits per heavy atom. The Morgan fingerprint density at radius 3 is 1.83 bits per heavy atom. The van der Waals surface area contributed by atoms with Gasteiger partial charge < -0.3 is 4.55 Å². The quantitative estimate of drug-likeness (QED) is 0.519. The summed E-state index contributed by atoms with van der Waals surface area (Å²) < 4.78 is 79.2. The first-order valence-corrected chi connectivity index (χ1v) is 3.36. The van der Waals surface area contributed by atoms with E-state index in [4.69, 9.17) is 0 Å². The summed E-state index contributed by atoms with van der Waals surface area (Å²) in [5, 5.41) is 0. The van der Waals surface area contributed by atoms with E-state index in [0.29, 0.717) is 0 Å². The molecule has 0 amide bonds. The Hall–Kier alpha value is -0.280. The van der Waals surface area contributed by atoms with Crippen LogP contribution in [0, 0.1) is 0 Å². The van der Waals surface area contributed by atoms with Gasteiger partial charge in [0, 0.05) is 0 Å². The molecular formula is C3H2F5O3S-. The third kappa shape index (κ3) is 3.93. The van der Waals surface area contributed by atoms with Gasteiger partial charge in [0.05, 0.1) is 11.4 Å². The number of halogens is 5. The van der Waals surface area contributed by atoms with E-state index < -0.39 is 30.1 Å². The van der Waals surface area contributed by atoms with Crippen molar-refractivity contribution < 1.29 is 34.9 Å². The number of hydrogen-bond acceptors (Lipinski definition) is 3. The summed E-state index contributed by atoms with van der Waals surface area (Å²) in [7, 11) is 0. The van der Waals surface area contributed by atoms with Crippen LogP contribution in [0.1, 0.15) is 0 Å². The van der Waals surface area contributed by atoms with Crippen LogP contribution in [0.4, 0.5) is 22.0 Å². The molecule has 0 heterocycles. The van der Waals surface area contributed by atoms with E-state index in [2.05, 4.69) is 4.18 Å². The third-order valence-electron chi connectivity index (χ3n) is 0.734. The first-order chi connectivity index (χ1) is 5.25. The average Bonchev–Trinajstić information content (AvgIpc) is 1.79. The van der Waals surface area contributed by atoms with Crippen LogP contribution in [-0.4, -0.2) is 27.5 Å². The second kappa shape index (κ2) is 4.10. The maximum absolute atomic E-state index is 11.5. The molecule has 3 nitrogen and oxygen atoms in total. The molecule has 0 radical (unpaired) electrons. The van der Waals surface area contributed by atoms with Crippen LogP contribution < -0.4 is 0 Å². The van der Waals surface area contributed by atoms with Crippen molar-refractivity contribution in [1.82, 2.24) is 0 Å². The van der Waals surface area contributed by atoms with Crippen LogP contribution in [0.25, 0.3) is 0 Å². The van der Waals surface area contributed by atoms with Crippen molar-refractivity contribution in [3.8, 4) is 0 Å². The lowest BCUT2D eigenvalue weighted by molar-refractivity contribution is -0.226. The predicted molar refractivity (Wildman–Crippen MR) is 25.9 cm³/mol. The first-order valence-electron chi connectivity index (χ1n) is 2.36. The van der Waals surface area contributed by atoms with E-state index in [0.717, 1.165) is 0 Å². The van der Waals surface area contributed by atoms with Crippen LogP contribution in [0.2, 0.25) is 0 Å². The maximum atomic E-state index is 11.5. The second-order valence-corrected chi connectivity index (χ2v) is 2.20. The summed E-state index contributed by atoms with van der Waals surface area (Å²) in [4.78, 5) is 0. The fourth-order valence-electron chi connectivity index (χ4n) is 0.324. The van der Waals surface area contributed by atoms with Gasteiger partial charge in [-0.3, -0.25) is 4.18 Å². The van der Waals surface area contributed by atoms with Crippen molar-refractivity contribution in [3.63, 3.8) is 0 Å². The van der Waals surface area contributed by atoms with Crippen molar-refractivity contribution in [3.05, 3.63) is 0 Å². The molecule has 0 bridgehead atoms. The molecule has 0 rings (SSSR count). The monoisotopic (exact) mass is 213 g/mol. The molecule has 74 valence electrons. The van der Waals surface area contributed by atoms with Crippen molar-refractivity contribution in [2.45, 2.75) is 18.7 Å². The lowest BCUT2D eigenvalue weighted by Crippen LogP contribution is -2.38. The van der Waals surface area contributed by atoms with Gasteiger partial charge in [-0.25, -0.2) is 13.0 Å². The molecule has 2 unspecified atom stereocenters. The van der Waals surface area contributed by atoms with E-state index >= 15 is 0 Å². The van der Waals surface area contributed by atoms with E-state index in [1.807, 2.05) is 0 Å². The van der Waals surface area contributed by atoms with E-state index in [9.17, 15) is 30.7 Å². The molecule has 0 aliphatic carbocycles. The zero-order valence-electron chi connectivity index (χ0n) is 5.18. The smallest absolute Gasteiger partial charge is 0.421 e. The van der Waals surface area contributed by atoms with Gasteiger partial charge in [-0.1, -0.05) is 0 Å². The topological polar surface area (TPSA) is 49.4 Å². The molecule has 0 aromatic rings. The van der Waals surface area contributed by atoms with E-state index in [-0.39, 0.29) is 0 Å². The Bertz CT molecular complexity index is 168. The summed E-state index contributed by atoms with van der Waals surface area (Å²) in [5.41, 5.74) is 0. The lowest BCUT2D eigenvalue weighted by atomic mass is 10.4. The molecular weight excluding hydrogens is 211 g/mol. The third-order valence-corrected chi connectivity index (χ3v) is 1.10. The highest BCUT2D eigenvalue weighted by atomic mass is 32.2. The minimum Gasteiger partial charge on any atom is -0.750 e. The highest BCUT2D eigenvalue weighted by Crippen LogP contribution is 2.27. The van der Waals surface area contributed by atoms with Gasteiger partial charge in [-0.2, -0.15) is 13.2 Å². The van der Waals surface area contributed by atoms with Gasteiger partial charge in [0.2, 0.25) is 6.10 Å². The van der Waals surface area contributed by atoms with Crippen LogP contribution in [0.3, 0.4) is 0 Å². The largest absolute Gasteiger partial charge is 0.750 e. The molecule has 0 aliphatic rings. The zero-order chi connectivity index (χ0) is 9.94. The lowest BCUT2D eigenvalue weighted by Gasteiger charge is -2.19. The molecule has 9 heteroatoms. The van der Waals surface area contributed by atoms with Crippen LogP contribution in [0.5, 0.6) is 0 Å². The molecule has 2 atom stereocenters. The van der Waals surface area contributed by atoms with Gasteiger partial charge in [-0.05, 0) is 0 Å². The summed E-state index contributed by atoms with van der Waals surface area (Å²) in [6.07, 6.45) is -12.9. The normalized spacial score (nSPS) is 17.9. The maximum Gasteiger partial charge on any atom is 0.421 e. The highest BCUT2D eigenvalue weighted by molar-refractivity contribution is 7.74. The molecule has 0 saturated heterocycles. The zero-order valence-corrected chi connectivity index (χ0v) is 5.99. The van der Waals surface area contributed by atoms with Crippen molar-refractivity contribution in [2.75, 3.05) is 0 Å². The van der Waals surface area contributed by atoms with Crippen molar-refractivity contribution >= 4 is 11.4 Å². The number of rotatable bonds is 3. The summed E-state index contributed by atoms with van der Waals surface area (Å²) >= 11 is -3.61. The predicted octanol–water partition coefficient (Wildman–Crippen LogP) is 0.993. The molecule has 0 saturated carbocycles. The standard InChI is InChI=1S/C3H3F5O3S/c4-2(5)1(3(6,7)8)11-12(9)10/h1-2H,(H,9,10)/p-1. The molecule has 0 aromatic carbocycles. The highest BCUT2D eigenvalue weighted by Gasteiger charge is 2.47. The Labute approximate surface area is 66.0 Å². The SMILES string of the molecule is O=S([O-])OC(C(F)F)C(F)(F)F. The van der Waals surface area contributed by atoms with Crippen molar-refractivity contribution in [2.24, 2.45) is 0 Å². The molecule has 0 fully saturated rings. The Balaban J connectivity index is 4.35. The van der Waals surface area contributed by atoms with E-state index in [1.54, 1.807) is 0 Å². The fourth-order valence-corrected chi connectivity index (χ4v) is 0.686. The van der Waals surface area contributed by atoms with Crippen LogP contribution >= 0.6 is 0 Å². The van der Waals surface area contributed by atoms with Gasteiger partial charge in [0.25, 0.3) is 6.43 Å². The van der Waals surface area contributed by atoms with Gasteiger partial charge in [-0.15, -0.1) is 0 Å². The molecule has 0 N–H and O–H groups in total. The van der Waals surface area contributed by atoms with E-state index in [1.165, 1.54) is 0 Å². The Morgan fingerprint density at radius 2 is 1.75 bits per heavy atom. The molecule has 0 spiro atoms. The molecule has 0 aliphatic heterocycles.